The molecule has 0 amide bonds. The van der Waals surface area contributed by atoms with Crippen LogP contribution in [-0.2, 0) is 9.59 Å². The minimum Gasteiger partial charge on any atom is -0.370 e. The third kappa shape index (κ3) is 7.78. The van der Waals surface area contributed by atoms with E-state index < -0.39 is 12.1 Å². The maximum absolute atomic E-state index is 11.3. The Morgan fingerprint density at radius 1 is 1.33 bits per heavy atom. The molecule has 0 rings (SSSR count). The summed E-state index contributed by atoms with van der Waals surface area (Å²) < 4.78 is -0.345. The van der Waals surface area contributed by atoms with E-state index in [2.05, 4.69) is 47.5 Å². The lowest BCUT2D eigenvalue weighted by Gasteiger charge is -2.18. The van der Waals surface area contributed by atoms with Crippen LogP contribution in [0.4, 0.5) is 0 Å². The number of carbonyl (C=O) groups excluding carboxylic acids is 2. The zero-order chi connectivity index (χ0) is 14.1. The van der Waals surface area contributed by atoms with Crippen molar-refractivity contribution in [3.05, 3.63) is 0 Å². The molecule has 4 N–H and O–H groups in total. The molecule has 0 radical (unpaired) electrons. The third-order valence-corrected chi connectivity index (χ3v) is 3.52. The van der Waals surface area contributed by atoms with E-state index in [1.165, 1.54) is 0 Å². The first-order valence-electron chi connectivity index (χ1n) is 5.49. The number of halogens is 2. The fraction of sp³-hybridized carbons (Fsp3) is 0.700. The van der Waals surface area contributed by atoms with Gasteiger partial charge < -0.3 is 11.1 Å². The molecule has 0 saturated heterocycles. The molecule has 0 aliphatic carbocycles. The number of nitrogens with one attached hydrogen (secondary N) is 2. The van der Waals surface area contributed by atoms with Crippen LogP contribution in [0.25, 0.3) is 0 Å². The summed E-state index contributed by atoms with van der Waals surface area (Å²) in [7, 11) is 1.60. The number of aliphatic imine (C=N–C) groups is 1. The molecule has 0 aliphatic rings. The quantitative estimate of drug-likeness (QED) is 0.244. The van der Waals surface area contributed by atoms with Crippen LogP contribution in [0.1, 0.15) is 19.8 Å². The van der Waals surface area contributed by atoms with E-state index in [4.69, 9.17) is 5.73 Å². The Kier molecular flexibility index (Phi) is 9.21. The van der Waals surface area contributed by atoms with Crippen LogP contribution in [0, 0.1) is 0 Å². The van der Waals surface area contributed by atoms with Gasteiger partial charge >= 0.3 is 0 Å². The SMILES string of the molecule is CN=C(N)NCCCC(NC(C)C(=O)Br)C(=O)Br. The van der Waals surface area contributed by atoms with Crippen molar-refractivity contribution in [1.29, 1.82) is 0 Å². The van der Waals surface area contributed by atoms with Gasteiger partial charge in [-0.25, -0.2) is 0 Å². The summed E-state index contributed by atoms with van der Waals surface area (Å²) in [5.74, 6) is 0.369. The second-order valence-electron chi connectivity index (χ2n) is 3.73. The molecule has 6 nitrogen and oxygen atoms in total. The van der Waals surface area contributed by atoms with Gasteiger partial charge in [0.05, 0.1) is 12.1 Å². The highest BCUT2D eigenvalue weighted by molar-refractivity contribution is 9.18. The van der Waals surface area contributed by atoms with Gasteiger partial charge in [-0.3, -0.25) is 19.9 Å². The van der Waals surface area contributed by atoms with Gasteiger partial charge in [-0.1, -0.05) is 0 Å². The van der Waals surface area contributed by atoms with E-state index in [1.807, 2.05) is 0 Å². The smallest absolute Gasteiger partial charge is 0.214 e. The maximum atomic E-state index is 11.3. The first kappa shape index (κ1) is 17.5. The summed E-state index contributed by atoms with van der Waals surface area (Å²) >= 11 is 5.77. The number of hydrogen-bond acceptors (Lipinski definition) is 4. The van der Waals surface area contributed by atoms with Crippen LogP contribution in [0.15, 0.2) is 4.99 Å². The predicted octanol–water partition coefficient (Wildman–Crippen LogP) is 0.490. The normalized spacial score (nSPS) is 15.0. The molecule has 0 aromatic heterocycles. The molecular weight excluding hydrogens is 368 g/mol. The third-order valence-electron chi connectivity index (χ3n) is 2.28. The Morgan fingerprint density at radius 3 is 2.39 bits per heavy atom. The number of rotatable bonds is 8. The van der Waals surface area contributed by atoms with Gasteiger partial charge in [0, 0.05) is 13.6 Å². The van der Waals surface area contributed by atoms with Crippen LogP contribution in [0.5, 0.6) is 0 Å². The van der Waals surface area contributed by atoms with Crippen LogP contribution in [0.2, 0.25) is 0 Å². The highest BCUT2D eigenvalue weighted by atomic mass is 79.9. The van der Waals surface area contributed by atoms with E-state index in [9.17, 15) is 9.59 Å². The fourth-order valence-electron chi connectivity index (χ4n) is 1.23. The topological polar surface area (TPSA) is 96.6 Å². The molecule has 8 heteroatoms. The van der Waals surface area contributed by atoms with Crippen molar-refractivity contribution >= 4 is 47.2 Å². The molecule has 0 saturated carbocycles. The molecule has 104 valence electrons. The van der Waals surface area contributed by atoms with Crippen molar-refractivity contribution in [3.8, 4) is 0 Å². The second-order valence-corrected chi connectivity index (χ2v) is 5.29. The summed E-state index contributed by atoms with van der Waals surface area (Å²) in [4.78, 5) is 26.1. The van der Waals surface area contributed by atoms with Crippen molar-refractivity contribution < 1.29 is 9.59 Å². The van der Waals surface area contributed by atoms with Gasteiger partial charge in [-0.2, -0.15) is 0 Å². The minimum atomic E-state index is -0.410. The van der Waals surface area contributed by atoms with Crippen molar-refractivity contribution in [2.24, 2.45) is 10.7 Å². The van der Waals surface area contributed by atoms with Crippen molar-refractivity contribution in [2.75, 3.05) is 13.6 Å². The molecule has 0 aromatic carbocycles. The minimum absolute atomic E-state index is 0.166. The van der Waals surface area contributed by atoms with Gasteiger partial charge in [0.2, 0.25) is 9.39 Å². The number of nitrogens with zero attached hydrogens (tertiary/aromatic N) is 1. The number of hydrogen-bond donors (Lipinski definition) is 3. The highest BCUT2D eigenvalue weighted by Gasteiger charge is 2.20. The summed E-state index contributed by atoms with van der Waals surface area (Å²) in [5.41, 5.74) is 5.47. The van der Waals surface area contributed by atoms with Crippen LogP contribution in [-0.4, -0.2) is 41.0 Å². The summed E-state index contributed by atoms with van der Waals surface area (Å²) in [6.07, 6.45) is 1.33. The number of guanidine groups is 1. The number of nitrogens with two attached hydrogens (primary N) is 1. The van der Waals surface area contributed by atoms with Crippen molar-refractivity contribution in [3.63, 3.8) is 0 Å². The zero-order valence-electron chi connectivity index (χ0n) is 10.4. The molecule has 0 heterocycles. The van der Waals surface area contributed by atoms with E-state index in [0.29, 0.717) is 18.9 Å². The Labute approximate surface area is 123 Å². The first-order chi connectivity index (χ1) is 8.38. The molecule has 0 aliphatic heterocycles. The number of carbonyl (C=O) groups is 2. The molecule has 18 heavy (non-hydrogen) atoms. The average Bonchev–Trinajstić information content (AvgIpc) is 2.31. The second kappa shape index (κ2) is 9.46. The van der Waals surface area contributed by atoms with Crippen LogP contribution in [0.3, 0.4) is 0 Å². The largest absolute Gasteiger partial charge is 0.370 e. The first-order valence-corrected chi connectivity index (χ1v) is 7.08. The Morgan fingerprint density at radius 2 is 1.94 bits per heavy atom. The van der Waals surface area contributed by atoms with Gasteiger partial charge in [0.25, 0.3) is 0 Å². The van der Waals surface area contributed by atoms with Gasteiger partial charge in [-0.05, 0) is 51.6 Å². The summed E-state index contributed by atoms with van der Waals surface area (Å²) in [6.45, 7) is 2.32. The zero-order valence-corrected chi connectivity index (χ0v) is 13.5. The van der Waals surface area contributed by atoms with Gasteiger partial charge in [0.1, 0.15) is 0 Å². The van der Waals surface area contributed by atoms with Gasteiger partial charge in [0.15, 0.2) is 5.96 Å². The molecule has 2 atom stereocenters. The Bertz CT molecular complexity index is 323. The van der Waals surface area contributed by atoms with Crippen molar-refractivity contribution in [2.45, 2.75) is 31.8 Å². The summed E-state index contributed by atoms with van der Waals surface area (Å²) in [6, 6.07) is -0.810. The lowest BCUT2D eigenvalue weighted by molar-refractivity contribution is -0.114. The van der Waals surface area contributed by atoms with E-state index in [-0.39, 0.29) is 9.39 Å². The maximum Gasteiger partial charge on any atom is 0.214 e. The molecule has 2 unspecified atom stereocenters. The van der Waals surface area contributed by atoms with Gasteiger partial charge in [-0.15, -0.1) is 0 Å². The monoisotopic (exact) mass is 384 g/mol. The Balaban J connectivity index is 4.06. The molecule has 0 aromatic rings. The molecular formula is C10H18Br2N4O2. The van der Waals surface area contributed by atoms with E-state index in [0.717, 1.165) is 6.42 Å². The fourth-order valence-corrected chi connectivity index (χ4v) is 1.72. The van der Waals surface area contributed by atoms with E-state index in [1.54, 1.807) is 14.0 Å². The Hall–Kier alpha value is -0.470. The molecule has 0 fully saturated rings. The lowest BCUT2D eigenvalue weighted by Crippen LogP contribution is -2.43. The highest BCUT2D eigenvalue weighted by Crippen LogP contribution is 2.05. The predicted molar refractivity (Wildman–Crippen MR) is 79.0 cm³/mol. The molecule has 0 bridgehead atoms. The summed E-state index contributed by atoms with van der Waals surface area (Å²) in [5, 5.41) is 5.84. The van der Waals surface area contributed by atoms with Crippen molar-refractivity contribution in [1.82, 2.24) is 10.6 Å². The molecule has 0 spiro atoms. The van der Waals surface area contributed by atoms with Crippen LogP contribution >= 0.6 is 31.9 Å². The average molecular weight is 386 g/mol. The standard InChI is InChI=1S/C10H18Br2N4O2/c1-6(8(11)17)16-7(9(12)18)4-3-5-15-10(13)14-2/h6-7,16H,3-5H2,1-2H3,(H3,13,14,15). The lowest BCUT2D eigenvalue weighted by atomic mass is 10.1. The van der Waals surface area contributed by atoms with E-state index >= 15 is 0 Å². The van der Waals surface area contributed by atoms with Crippen LogP contribution < -0.4 is 16.4 Å².